The van der Waals surface area contributed by atoms with Crippen molar-refractivity contribution in [3.8, 4) is 11.5 Å². The van der Waals surface area contributed by atoms with Gasteiger partial charge >= 0.3 is 0 Å². The lowest BCUT2D eigenvalue weighted by Gasteiger charge is -2.28. The van der Waals surface area contributed by atoms with E-state index >= 15 is 0 Å². The van der Waals surface area contributed by atoms with E-state index < -0.39 is 0 Å². The van der Waals surface area contributed by atoms with Crippen LogP contribution in [0.4, 0.5) is 0 Å². The van der Waals surface area contributed by atoms with Crippen LogP contribution in [0, 0.1) is 12.8 Å². The standard InChI is InChI=1S/C23H28N2O4S/c1-3-22(26)25(11-17-4-5-17)14-23(27)24(13-21-16(2)8-9-30-21)12-18-6-7-19-20(10-18)29-15-28-19/h6-10,17H,3-5,11-15H2,1-2H3. The number of amides is 2. The van der Waals surface area contributed by atoms with E-state index in [0.717, 1.165) is 24.2 Å². The van der Waals surface area contributed by atoms with E-state index in [9.17, 15) is 9.59 Å². The fourth-order valence-electron chi connectivity index (χ4n) is 3.58. The molecule has 0 N–H and O–H groups in total. The zero-order valence-corrected chi connectivity index (χ0v) is 18.4. The Morgan fingerprint density at radius 1 is 1.07 bits per heavy atom. The Hall–Kier alpha value is -2.54. The molecule has 0 saturated heterocycles. The number of hydrogen-bond donors (Lipinski definition) is 0. The first-order valence-electron chi connectivity index (χ1n) is 10.5. The highest BCUT2D eigenvalue weighted by Crippen LogP contribution is 2.33. The van der Waals surface area contributed by atoms with Crippen molar-refractivity contribution in [2.24, 2.45) is 5.92 Å². The predicted octanol–water partition coefficient (Wildman–Crippen LogP) is 3.96. The van der Waals surface area contributed by atoms with Crippen molar-refractivity contribution < 1.29 is 19.1 Å². The van der Waals surface area contributed by atoms with Crippen LogP contribution in [0.2, 0.25) is 0 Å². The number of fused-ring (bicyclic) bond motifs is 1. The van der Waals surface area contributed by atoms with Gasteiger partial charge < -0.3 is 19.3 Å². The first-order chi connectivity index (χ1) is 14.5. The Bertz CT molecular complexity index is 922. The minimum atomic E-state index is -0.0251. The fourth-order valence-corrected chi connectivity index (χ4v) is 4.51. The van der Waals surface area contributed by atoms with Crippen LogP contribution < -0.4 is 9.47 Å². The minimum absolute atomic E-state index is 0.0251. The molecule has 1 aromatic carbocycles. The van der Waals surface area contributed by atoms with Gasteiger partial charge in [0.25, 0.3) is 0 Å². The summed E-state index contributed by atoms with van der Waals surface area (Å²) in [6.07, 6.45) is 2.72. The molecular formula is C23H28N2O4S. The van der Waals surface area contributed by atoms with E-state index in [4.69, 9.17) is 9.47 Å². The van der Waals surface area contributed by atoms with Gasteiger partial charge in [-0.25, -0.2) is 0 Å². The summed E-state index contributed by atoms with van der Waals surface area (Å²) in [7, 11) is 0. The van der Waals surface area contributed by atoms with Gasteiger partial charge in [0.15, 0.2) is 11.5 Å². The smallest absolute Gasteiger partial charge is 0.242 e. The molecule has 0 radical (unpaired) electrons. The van der Waals surface area contributed by atoms with Crippen LogP contribution >= 0.6 is 11.3 Å². The van der Waals surface area contributed by atoms with Crippen molar-refractivity contribution in [3.05, 3.63) is 45.6 Å². The molecule has 1 saturated carbocycles. The zero-order chi connectivity index (χ0) is 21.1. The van der Waals surface area contributed by atoms with Gasteiger partial charge in [-0.2, -0.15) is 0 Å². The van der Waals surface area contributed by atoms with Crippen molar-refractivity contribution in [1.29, 1.82) is 0 Å². The Morgan fingerprint density at radius 3 is 2.57 bits per heavy atom. The van der Waals surface area contributed by atoms with Crippen molar-refractivity contribution >= 4 is 23.2 Å². The number of carbonyl (C=O) groups excluding carboxylic acids is 2. The monoisotopic (exact) mass is 428 g/mol. The highest BCUT2D eigenvalue weighted by Gasteiger charge is 2.29. The number of thiophene rings is 1. The molecule has 2 amide bonds. The van der Waals surface area contributed by atoms with Gasteiger partial charge in [0.1, 0.15) is 0 Å². The molecular weight excluding hydrogens is 400 g/mol. The topological polar surface area (TPSA) is 59.1 Å². The van der Waals surface area contributed by atoms with E-state index in [1.165, 1.54) is 10.4 Å². The summed E-state index contributed by atoms with van der Waals surface area (Å²) in [5, 5.41) is 2.05. The number of benzene rings is 1. The van der Waals surface area contributed by atoms with E-state index in [2.05, 4.69) is 13.0 Å². The van der Waals surface area contributed by atoms with Gasteiger partial charge in [-0.3, -0.25) is 9.59 Å². The normalized spacial score (nSPS) is 14.6. The van der Waals surface area contributed by atoms with Crippen LogP contribution in [0.25, 0.3) is 0 Å². The maximum Gasteiger partial charge on any atom is 0.242 e. The Balaban J connectivity index is 1.51. The summed E-state index contributed by atoms with van der Waals surface area (Å²) in [5.74, 6) is 2.02. The summed E-state index contributed by atoms with van der Waals surface area (Å²) in [4.78, 5) is 30.5. The third kappa shape index (κ3) is 4.95. The van der Waals surface area contributed by atoms with Crippen molar-refractivity contribution in [1.82, 2.24) is 9.80 Å². The van der Waals surface area contributed by atoms with Crippen LogP contribution in [0.1, 0.15) is 42.2 Å². The molecule has 6 nitrogen and oxygen atoms in total. The molecule has 30 heavy (non-hydrogen) atoms. The lowest BCUT2D eigenvalue weighted by molar-refractivity contribution is -0.141. The summed E-state index contributed by atoms with van der Waals surface area (Å²) in [6.45, 7) is 5.97. The van der Waals surface area contributed by atoms with Gasteiger partial charge in [0.2, 0.25) is 18.6 Å². The van der Waals surface area contributed by atoms with Crippen molar-refractivity contribution in [2.45, 2.75) is 46.2 Å². The van der Waals surface area contributed by atoms with Gasteiger partial charge in [-0.05, 0) is 60.4 Å². The maximum absolute atomic E-state index is 13.3. The average Bonchev–Trinajstić information content (AvgIpc) is 3.28. The van der Waals surface area contributed by atoms with Crippen LogP contribution in [0.5, 0.6) is 11.5 Å². The number of hydrogen-bond acceptors (Lipinski definition) is 5. The third-order valence-electron chi connectivity index (χ3n) is 5.62. The minimum Gasteiger partial charge on any atom is -0.454 e. The van der Waals surface area contributed by atoms with Crippen LogP contribution in [0.15, 0.2) is 29.6 Å². The maximum atomic E-state index is 13.3. The van der Waals surface area contributed by atoms with Gasteiger partial charge in [-0.1, -0.05) is 13.0 Å². The van der Waals surface area contributed by atoms with Crippen molar-refractivity contribution in [2.75, 3.05) is 19.9 Å². The molecule has 7 heteroatoms. The van der Waals surface area contributed by atoms with Crippen molar-refractivity contribution in [3.63, 3.8) is 0 Å². The second-order valence-corrected chi connectivity index (χ2v) is 9.04. The van der Waals surface area contributed by atoms with Crippen LogP contribution in [-0.2, 0) is 22.7 Å². The molecule has 160 valence electrons. The molecule has 2 heterocycles. The molecule has 1 fully saturated rings. The Kier molecular flexibility index (Phi) is 6.27. The molecule has 2 aliphatic rings. The second kappa shape index (κ2) is 9.08. The van der Waals surface area contributed by atoms with E-state index in [0.29, 0.717) is 37.7 Å². The molecule has 4 rings (SSSR count). The predicted molar refractivity (Wildman–Crippen MR) is 115 cm³/mol. The number of ether oxygens (including phenoxy) is 2. The first kappa shape index (κ1) is 20.7. The lowest BCUT2D eigenvalue weighted by atomic mass is 10.1. The second-order valence-electron chi connectivity index (χ2n) is 8.04. The number of aryl methyl sites for hydroxylation is 1. The SMILES string of the molecule is CCC(=O)N(CC(=O)N(Cc1ccc2c(c1)OCO2)Cc1sccc1C)CC1CC1. The molecule has 2 aromatic rings. The number of carbonyl (C=O) groups is 2. The number of rotatable bonds is 9. The lowest BCUT2D eigenvalue weighted by Crippen LogP contribution is -2.43. The Labute approximate surface area is 181 Å². The summed E-state index contributed by atoms with van der Waals surface area (Å²) in [5.41, 5.74) is 2.17. The number of nitrogens with zero attached hydrogens (tertiary/aromatic N) is 2. The van der Waals surface area contributed by atoms with E-state index in [1.54, 1.807) is 16.2 Å². The fraction of sp³-hybridized carbons (Fsp3) is 0.478. The summed E-state index contributed by atoms with van der Waals surface area (Å²) >= 11 is 1.66. The van der Waals surface area contributed by atoms with Gasteiger partial charge in [0.05, 0.1) is 13.1 Å². The molecule has 0 spiro atoms. The van der Waals surface area contributed by atoms with E-state index in [1.807, 2.05) is 35.4 Å². The molecule has 1 aromatic heterocycles. The molecule has 0 unspecified atom stereocenters. The quantitative estimate of drug-likeness (QED) is 0.607. The van der Waals surface area contributed by atoms with Crippen LogP contribution in [-0.4, -0.2) is 41.5 Å². The summed E-state index contributed by atoms with van der Waals surface area (Å²) in [6, 6.07) is 7.86. The third-order valence-corrected chi connectivity index (χ3v) is 6.63. The average molecular weight is 429 g/mol. The molecule has 0 bridgehead atoms. The van der Waals surface area contributed by atoms with Crippen LogP contribution in [0.3, 0.4) is 0 Å². The summed E-state index contributed by atoms with van der Waals surface area (Å²) < 4.78 is 10.9. The molecule has 0 atom stereocenters. The molecule has 1 aliphatic carbocycles. The molecule has 1 aliphatic heterocycles. The van der Waals surface area contributed by atoms with Gasteiger partial charge in [0, 0.05) is 24.4 Å². The highest BCUT2D eigenvalue weighted by atomic mass is 32.1. The zero-order valence-electron chi connectivity index (χ0n) is 17.6. The Morgan fingerprint density at radius 2 is 1.87 bits per heavy atom. The first-order valence-corrected chi connectivity index (χ1v) is 11.4. The largest absolute Gasteiger partial charge is 0.454 e. The van der Waals surface area contributed by atoms with E-state index in [-0.39, 0.29) is 25.2 Å². The van der Waals surface area contributed by atoms with Gasteiger partial charge in [-0.15, -0.1) is 11.3 Å². The highest BCUT2D eigenvalue weighted by molar-refractivity contribution is 7.10.